The summed E-state index contributed by atoms with van der Waals surface area (Å²) in [7, 11) is 0. The third kappa shape index (κ3) is 3.42. The highest BCUT2D eigenvalue weighted by molar-refractivity contribution is 6.39. The summed E-state index contributed by atoms with van der Waals surface area (Å²) in [5.41, 5.74) is 2.33. The minimum atomic E-state index is -0.328. The average Bonchev–Trinajstić information content (AvgIpc) is 3.37. The van der Waals surface area contributed by atoms with Gasteiger partial charge in [-0.25, -0.2) is 0 Å². The van der Waals surface area contributed by atoms with Gasteiger partial charge in [0, 0.05) is 45.4 Å². The lowest BCUT2D eigenvalue weighted by Gasteiger charge is -2.04. The lowest BCUT2D eigenvalue weighted by molar-refractivity contribution is 0.101. The van der Waals surface area contributed by atoms with Gasteiger partial charge in [-0.1, -0.05) is 23.2 Å². The van der Waals surface area contributed by atoms with Crippen molar-refractivity contribution in [3.05, 3.63) is 69.0 Å². The van der Waals surface area contributed by atoms with E-state index in [0.717, 1.165) is 0 Å². The number of nitrogens with one attached hydrogen (secondary N) is 2. The van der Waals surface area contributed by atoms with Crippen LogP contribution in [0.5, 0.6) is 0 Å². The van der Waals surface area contributed by atoms with E-state index in [0.29, 0.717) is 54.1 Å². The van der Waals surface area contributed by atoms with Crippen LogP contribution in [0, 0.1) is 0 Å². The second-order valence-electron chi connectivity index (χ2n) is 6.61. The Morgan fingerprint density at radius 2 is 1.10 bits per heavy atom. The van der Waals surface area contributed by atoms with E-state index < -0.39 is 0 Å². The van der Waals surface area contributed by atoms with Crippen LogP contribution in [0.2, 0.25) is 10.0 Å². The number of hydrogen-bond donors (Lipinski definition) is 2. The second kappa shape index (κ2) is 8.08. The van der Waals surface area contributed by atoms with E-state index in [-0.39, 0.29) is 29.1 Å². The van der Waals surface area contributed by atoms with Crippen LogP contribution >= 0.6 is 46.4 Å². The summed E-state index contributed by atoms with van der Waals surface area (Å²) >= 11 is 23.9. The van der Waals surface area contributed by atoms with Gasteiger partial charge in [-0.3, -0.25) is 14.4 Å². The smallest absolute Gasteiger partial charge is 0.197 e. The molecular weight excluding hydrogens is 470 g/mol. The average molecular weight is 482 g/mol. The highest BCUT2D eigenvalue weighted by atomic mass is 35.5. The van der Waals surface area contributed by atoms with Gasteiger partial charge in [0.05, 0.1) is 32.8 Å². The predicted octanol–water partition coefficient (Wildman–Crippen LogP) is 6.03. The number of fused-ring (bicyclic) bond motifs is 2. The van der Waals surface area contributed by atoms with E-state index in [1.165, 1.54) is 24.5 Å². The summed E-state index contributed by atoms with van der Waals surface area (Å²) in [6.45, 7) is 0. The zero-order valence-corrected chi connectivity index (χ0v) is 18.1. The van der Waals surface area contributed by atoms with Crippen molar-refractivity contribution in [2.45, 2.75) is 0 Å². The molecule has 152 valence electrons. The van der Waals surface area contributed by atoms with Crippen molar-refractivity contribution in [3.63, 3.8) is 0 Å². The Kier molecular flexibility index (Phi) is 5.64. The lowest BCUT2D eigenvalue weighted by atomic mass is 9.99. The molecule has 0 bridgehead atoms. The monoisotopic (exact) mass is 480 g/mol. The molecule has 5 nitrogen and oxygen atoms in total. The third-order valence-corrected chi connectivity index (χ3v) is 5.94. The van der Waals surface area contributed by atoms with E-state index in [9.17, 15) is 14.4 Å². The van der Waals surface area contributed by atoms with Crippen molar-refractivity contribution < 1.29 is 14.4 Å². The number of hydrogen-bond acceptors (Lipinski definition) is 3. The van der Waals surface area contributed by atoms with Gasteiger partial charge in [0.25, 0.3) is 0 Å². The minimum Gasteiger partial charge on any atom is -0.359 e. The molecule has 0 fully saturated rings. The van der Waals surface area contributed by atoms with E-state index in [4.69, 9.17) is 46.4 Å². The topological polar surface area (TPSA) is 82.8 Å². The van der Waals surface area contributed by atoms with E-state index in [2.05, 4.69) is 9.97 Å². The molecule has 0 aliphatic rings. The SMILES string of the molecule is O=C(CCl)c1cc(Cl)c2[nH]cc(C(=O)c3c[nH]c4c(Cl)cc(C(=O)CCl)cc34)c2c1. The Labute approximate surface area is 190 Å². The Morgan fingerprint density at radius 1 is 0.700 bits per heavy atom. The van der Waals surface area contributed by atoms with Crippen LogP contribution in [0.4, 0.5) is 0 Å². The fourth-order valence-corrected chi connectivity index (χ4v) is 4.23. The molecule has 0 aliphatic heterocycles. The number of alkyl halides is 2. The summed E-state index contributed by atoms with van der Waals surface area (Å²) < 4.78 is 0. The van der Waals surface area contributed by atoms with E-state index in [1.54, 1.807) is 12.1 Å². The molecule has 2 heterocycles. The van der Waals surface area contributed by atoms with Gasteiger partial charge in [0.1, 0.15) is 0 Å². The maximum Gasteiger partial charge on any atom is 0.197 e. The minimum absolute atomic E-state index is 0.201. The molecule has 2 aromatic heterocycles. The summed E-state index contributed by atoms with van der Waals surface area (Å²) in [4.78, 5) is 43.4. The number of H-pyrrole nitrogens is 2. The van der Waals surface area contributed by atoms with Gasteiger partial charge in [-0.15, -0.1) is 23.2 Å². The first kappa shape index (κ1) is 20.9. The van der Waals surface area contributed by atoms with Crippen molar-refractivity contribution >= 4 is 85.6 Å². The molecule has 0 spiro atoms. The Bertz CT molecular complexity index is 1250. The van der Waals surface area contributed by atoms with Gasteiger partial charge >= 0.3 is 0 Å². The maximum atomic E-state index is 13.4. The van der Waals surface area contributed by atoms with Crippen LogP contribution in [0.25, 0.3) is 21.8 Å². The molecule has 4 rings (SSSR count). The molecule has 30 heavy (non-hydrogen) atoms. The molecule has 0 saturated heterocycles. The van der Waals surface area contributed by atoms with Crippen LogP contribution in [0.15, 0.2) is 36.7 Å². The highest BCUT2D eigenvalue weighted by Gasteiger charge is 2.22. The highest BCUT2D eigenvalue weighted by Crippen LogP contribution is 2.33. The van der Waals surface area contributed by atoms with Gasteiger partial charge in [-0.05, 0) is 24.3 Å². The van der Waals surface area contributed by atoms with Crippen molar-refractivity contribution in [2.75, 3.05) is 11.8 Å². The molecule has 0 amide bonds. The first-order valence-electron chi connectivity index (χ1n) is 8.70. The number of aromatic amines is 2. The van der Waals surface area contributed by atoms with Gasteiger partial charge in [-0.2, -0.15) is 0 Å². The number of carbonyl (C=O) groups is 3. The van der Waals surface area contributed by atoms with Crippen molar-refractivity contribution in [3.8, 4) is 0 Å². The number of halogens is 4. The summed E-state index contributed by atoms with van der Waals surface area (Å²) in [6.07, 6.45) is 3.06. The van der Waals surface area contributed by atoms with Crippen LogP contribution in [-0.2, 0) is 0 Å². The first-order valence-corrected chi connectivity index (χ1v) is 10.5. The molecule has 0 aliphatic carbocycles. The van der Waals surface area contributed by atoms with Crippen molar-refractivity contribution in [1.82, 2.24) is 9.97 Å². The van der Waals surface area contributed by atoms with Gasteiger partial charge < -0.3 is 9.97 Å². The summed E-state index contributed by atoms with van der Waals surface area (Å²) in [5.74, 6) is -1.33. The molecule has 0 radical (unpaired) electrons. The Hall–Kier alpha value is -2.31. The molecule has 2 aromatic carbocycles. The first-order chi connectivity index (χ1) is 14.3. The van der Waals surface area contributed by atoms with Crippen molar-refractivity contribution in [2.24, 2.45) is 0 Å². The molecular formula is C21H12Cl4N2O3. The van der Waals surface area contributed by atoms with Crippen LogP contribution < -0.4 is 0 Å². The number of rotatable bonds is 6. The van der Waals surface area contributed by atoms with Crippen LogP contribution in [-0.4, -0.2) is 39.1 Å². The predicted molar refractivity (Wildman–Crippen MR) is 120 cm³/mol. The number of ketones is 3. The third-order valence-electron chi connectivity index (χ3n) is 4.86. The summed E-state index contributed by atoms with van der Waals surface area (Å²) in [6, 6.07) is 6.18. The number of Topliss-reactive ketones (excluding diaryl/α,β-unsaturated/α-hetero) is 2. The van der Waals surface area contributed by atoms with Gasteiger partial charge in [0.15, 0.2) is 17.3 Å². The summed E-state index contributed by atoms with van der Waals surface area (Å²) in [5, 5.41) is 1.60. The lowest BCUT2D eigenvalue weighted by Crippen LogP contribution is -2.03. The Balaban J connectivity index is 1.89. The number of carbonyl (C=O) groups excluding carboxylic acids is 3. The van der Waals surface area contributed by atoms with Gasteiger partial charge in [0.2, 0.25) is 0 Å². The van der Waals surface area contributed by atoms with Crippen molar-refractivity contribution in [1.29, 1.82) is 0 Å². The maximum absolute atomic E-state index is 13.4. The zero-order valence-electron chi connectivity index (χ0n) is 15.1. The van der Waals surface area contributed by atoms with E-state index in [1.807, 2.05) is 0 Å². The number of aromatic nitrogens is 2. The van der Waals surface area contributed by atoms with Crippen LogP contribution in [0.1, 0.15) is 36.6 Å². The van der Waals surface area contributed by atoms with E-state index >= 15 is 0 Å². The van der Waals surface area contributed by atoms with Crippen LogP contribution in [0.3, 0.4) is 0 Å². The zero-order chi connectivity index (χ0) is 21.6. The number of benzene rings is 2. The standard InChI is InChI=1S/C21H12Cl4N2O3/c22-5-17(28)9-1-11-13(7-26-19(11)15(24)3-9)21(30)14-8-27-20-12(14)2-10(4-16(20)25)18(29)6-23/h1-4,7-8,26-27H,5-6H2. The normalized spacial score (nSPS) is 11.3. The largest absolute Gasteiger partial charge is 0.359 e. The Morgan fingerprint density at radius 3 is 1.47 bits per heavy atom. The molecule has 2 N–H and O–H groups in total. The molecule has 9 heteroatoms. The fraction of sp³-hybridized carbons (Fsp3) is 0.0952. The molecule has 0 saturated carbocycles. The quantitative estimate of drug-likeness (QED) is 0.260. The second-order valence-corrected chi connectivity index (χ2v) is 7.96. The molecule has 0 unspecified atom stereocenters. The molecule has 4 aromatic rings. The molecule has 0 atom stereocenters. The fourth-order valence-electron chi connectivity index (χ4n) is 3.37.